The Labute approximate surface area is 222 Å². The number of hydrogen-bond acceptors (Lipinski definition) is 10. The topological polar surface area (TPSA) is 108 Å². The standard InChI is InChI=1S/C22H44N4O6.ClH.Li/c1-21(2)29-13-17(19(27)15-31-21)25-9-5-23-7-11-26(12-8-24-6-10-25)18-14-30-22(3,4)32-16-20(18)28;;/h17-20,23-24,27-28H,5-16H2,1-4H3;1H;/q;;+1/p-1. The monoisotopic (exact) mass is 502 g/mol. The first-order chi connectivity index (χ1) is 15.2. The van der Waals surface area contributed by atoms with Crippen LogP contribution in [0.15, 0.2) is 0 Å². The third-order valence-electron chi connectivity index (χ3n) is 6.54. The number of ether oxygens (including phenoxy) is 4. The number of aliphatic hydroxyl groups is 2. The molecule has 196 valence electrons. The minimum Gasteiger partial charge on any atom is -1.00 e. The molecular weight excluding hydrogens is 459 g/mol. The number of aliphatic hydroxyl groups excluding tert-OH is 2. The van der Waals surface area contributed by atoms with Crippen LogP contribution in [0.25, 0.3) is 0 Å². The summed E-state index contributed by atoms with van der Waals surface area (Å²) < 4.78 is 23.2. The van der Waals surface area contributed by atoms with Crippen molar-refractivity contribution < 1.29 is 60.4 Å². The zero-order valence-corrected chi connectivity index (χ0v) is 22.4. The second kappa shape index (κ2) is 15.0. The SMILES string of the molecule is CC1(C)OCC(O)C(N2CCNCCN(C3COC(C)(C)OCC3O)CCNCC2)CO1.[Cl-].[Li+]. The maximum absolute atomic E-state index is 10.6. The molecule has 0 bridgehead atoms. The van der Waals surface area contributed by atoms with Gasteiger partial charge in [-0.15, -0.1) is 0 Å². The Balaban J connectivity index is 0.00000289. The largest absolute Gasteiger partial charge is 1.00 e. The van der Waals surface area contributed by atoms with Crippen LogP contribution < -0.4 is 41.9 Å². The van der Waals surface area contributed by atoms with Crippen molar-refractivity contribution in [3.05, 3.63) is 0 Å². The molecule has 3 heterocycles. The normalized spacial score (nSPS) is 34.8. The van der Waals surface area contributed by atoms with E-state index in [1.165, 1.54) is 0 Å². The fraction of sp³-hybridized carbons (Fsp3) is 1.00. The van der Waals surface area contributed by atoms with Crippen LogP contribution in [0.5, 0.6) is 0 Å². The maximum atomic E-state index is 10.6. The van der Waals surface area contributed by atoms with Gasteiger partial charge in [-0.05, 0) is 27.7 Å². The van der Waals surface area contributed by atoms with Gasteiger partial charge in [0.25, 0.3) is 0 Å². The molecule has 0 aliphatic carbocycles. The Morgan fingerprint density at radius 3 is 1.24 bits per heavy atom. The van der Waals surface area contributed by atoms with Gasteiger partial charge in [-0.3, -0.25) is 9.80 Å². The van der Waals surface area contributed by atoms with E-state index in [9.17, 15) is 10.2 Å². The van der Waals surface area contributed by atoms with E-state index in [4.69, 9.17) is 18.9 Å². The number of nitrogens with zero attached hydrogens (tertiary/aromatic N) is 2. The zero-order valence-electron chi connectivity index (χ0n) is 21.6. The molecule has 0 aromatic rings. The molecule has 0 radical (unpaired) electrons. The van der Waals surface area contributed by atoms with E-state index >= 15 is 0 Å². The van der Waals surface area contributed by atoms with E-state index in [1.807, 2.05) is 27.7 Å². The third-order valence-corrected chi connectivity index (χ3v) is 6.54. The molecular formula is C22H44ClLiN4O6. The molecule has 34 heavy (non-hydrogen) atoms. The molecule has 12 heteroatoms. The Bertz CT molecular complexity index is 520. The first-order valence-corrected chi connectivity index (χ1v) is 12.0. The first kappa shape index (κ1) is 32.5. The molecule has 3 aliphatic heterocycles. The van der Waals surface area contributed by atoms with Gasteiger partial charge in [0.1, 0.15) is 0 Å². The van der Waals surface area contributed by atoms with Crippen molar-refractivity contribution in [1.29, 1.82) is 0 Å². The molecule has 0 saturated carbocycles. The smallest absolute Gasteiger partial charge is 1.00 e. The molecule has 4 atom stereocenters. The van der Waals surface area contributed by atoms with Crippen molar-refractivity contribution in [2.75, 3.05) is 78.8 Å². The second-order valence-electron chi connectivity index (χ2n) is 9.89. The molecule has 3 aliphatic rings. The second-order valence-corrected chi connectivity index (χ2v) is 9.89. The van der Waals surface area contributed by atoms with Crippen LogP contribution in [0, 0.1) is 0 Å². The van der Waals surface area contributed by atoms with Gasteiger partial charge >= 0.3 is 18.9 Å². The van der Waals surface area contributed by atoms with E-state index in [-0.39, 0.29) is 56.6 Å². The first-order valence-electron chi connectivity index (χ1n) is 12.0. The summed E-state index contributed by atoms with van der Waals surface area (Å²) in [5.41, 5.74) is 0. The Morgan fingerprint density at radius 1 is 0.618 bits per heavy atom. The third kappa shape index (κ3) is 10.1. The molecule has 3 fully saturated rings. The van der Waals surface area contributed by atoms with Crippen molar-refractivity contribution >= 4 is 0 Å². The molecule has 0 aromatic heterocycles. The number of halogens is 1. The molecule has 0 amide bonds. The van der Waals surface area contributed by atoms with Gasteiger partial charge in [0.05, 0.1) is 50.7 Å². The summed E-state index contributed by atoms with van der Waals surface area (Å²) in [6.07, 6.45) is -1.16. The molecule has 3 rings (SSSR count). The summed E-state index contributed by atoms with van der Waals surface area (Å²) >= 11 is 0. The van der Waals surface area contributed by atoms with E-state index in [0.717, 1.165) is 52.4 Å². The van der Waals surface area contributed by atoms with Crippen LogP contribution in [0.1, 0.15) is 27.7 Å². The van der Waals surface area contributed by atoms with Gasteiger partial charge in [-0.1, -0.05) is 0 Å². The molecule has 10 nitrogen and oxygen atoms in total. The van der Waals surface area contributed by atoms with E-state index in [2.05, 4.69) is 20.4 Å². The van der Waals surface area contributed by atoms with Gasteiger partial charge in [-0.2, -0.15) is 0 Å². The zero-order chi connectivity index (χ0) is 23.2. The maximum Gasteiger partial charge on any atom is 1.00 e. The molecule has 0 spiro atoms. The Kier molecular flexibility index (Phi) is 14.4. The van der Waals surface area contributed by atoms with Crippen LogP contribution in [0.3, 0.4) is 0 Å². The fourth-order valence-corrected chi connectivity index (χ4v) is 4.40. The van der Waals surface area contributed by atoms with E-state index in [1.54, 1.807) is 0 Å². The van der Waals surface area contributed by atoms with E-state index < -0.39 is 23.8 Å². The van der Waals surface area contributed by atoms with Gasteiger partial charge in [-0.25, -0.2) is 0 Å². The minimum atomic E-state index is -0.672. The van der Waals surface area contributed by atoms with Crippen molar-refractivity contribution in [1.82, 2.24) is 20.4 Å². The molecule has 0 aromatic carbocycles. The van der Waals surface area contributed by atoms with Crippen molar-refractivity contribution in [2.45, 2.75) is 63.6 Å². The predicted octanol–water partition coefficient (Wildman–Crippen LogP) is -7.18. The van der Waals surface area contributed by atoms with Gasteiger partial charge in [0, 0.05) is 52.4 Å². The quantitative estimate of drug-likeness (QED) is 0.272. The van der Waals surface area contributed by atoms with Gasteiger partial charge in [0.2, 0.25) is 0 Å². The van der Waals surface area contributed by atoms with Crippen molar-refractivity contribution in [3.8, 4) is 0 Å². The number of nitrogens with one attached hydrogen (secondary N) is 2. The Morgan fingerprint density at radius 2 is 0.912 bits per heavy atom. The predicted molar refractivity (Wildman–Crippen MR) is 120 cm³/mol. The fourth-order valence-electron chi connectivity index (χ4n) is 4.40. The summed E-state index contributed by atoms with van der Waals surface area (Å²) in [6.45, 7) is 15.4. The van der Waals surface area contributed by atoms with Crippen molar-refractivity contribution in [2.24, 2.45) is 0 Å². The summed E-state index contributed by atoms with van der Waals surface area (Å²) in [7, 11) is 0. The summed E-state index contributed by atoms with van der Waals surface area (Å²) in [6, 6.07) is -0.192. The molecule has 4 N–H and O–H groups in total. The van der Waals surface area contributed by atoms with Gasteiger partial charge in [0.15, 0.2) is 11.6 Å². The average Bonchev–Trinajstić information content (AvgIpc) is 2.95. The summed E-state index contributed by atoms with van der Waals surface area (Å²) in [4.78, 5) is 4.58. The van der Waals surface area contributed by atoms with Crippen LogP contribution >= 0.6 is 0 Å². The minimum absolute atomic E-state index is 0. The Hall–Kier alpha value is 0.487. The van der Waals surface area contributed by atoms with Crippen LogP contribution in [-0.2, 0) is 18.9 Å². The molecule has 3 saturated heterocycles. The van der Waals surface area contributed by atoms with Crippen molar-refractivity contribution in [3.63, 3.8) is 0 Å². The number of hydrogen-bond donors (Lipinski definition) is 4. The molecule has 4 unspecified atom stereocenters. The van der Waals surface area contributed by atoms with Crippen LogP contribution in [-0.4, -0.2) is 135 Å². The average molecular weight is 503 g/mol. The summed E-state index contributed by atoms with van der Waals surface area (Å²) in [5.74, 6) is -1.34. The van der Waals surface area contributed by atoms with Gasteiger partial charge < -0.3 is 52.2 Å². The summed E-state index contributed by atoms with van der Waals surface area (Å²) in [5, 5.41) is 28.3. The van der Waals surface area contributed by atoms with Crippen LogP contribution in [0.2, 0.25) is 0 Å². The number of rotatable bonds is 2. The van der Waals surface area contributed by atoms with E-state index in [0.29, 0.717) is 13.2 Å². The van der Waals surface area contributed by atoms with Crippen LogP contribution in [0.4, 0.5) is 0 Å².